The summed E-state index contributed by atoms with van der Waals surface area (Å²) in [6.07, 6.45) is 2.74. The quantitative estimate of drug-likeness (QED) is 0.843. The molecule has 1 fully saturated rings. The molecule has 2 N–H and O–H groups in total. The molecule has 0 aliphatic heterocycles. The number of hydrogen-bond acceptors (Lipinski definition) is 2. The van der Waals surface area contributed by atoms with E-state index in [0.717, 1.165) is 24.0 Å². The Hall–Kier alpha value is -0.570. The van der Waals surface area contributed by atoms with Crippen LogP contribution >= 0.6 is 11.6 Å². The van der Waals surface area contributed by atoms with Gasteiger partial charge in [-0.15, -0.1) is 0 Å². The van der Waals surface area contributed by atoms with Crippen LogP contribution in [0.15, 0.2) is 24.3 Å². The molecule has 1 aliphatic carbocycles. The molecule has 2 rings (SSSR count). The Labute approximate surface area is 109 Å². The molecule has 17 heavy (non-hydrogen) atoms. The van der Waals surface area contributed by atoms with E-state index in [2.05, 4.69) is 17.9 Å². The van der Waals surface area contributed by atoms with E-state index in [1.165, 1.54) is 18.4 Å². The van der Waals surface area contributed by atoms with Crippen LogP contribution in [0.3, 0.4) is 0 Å². The van der Waals surface area contributed by atoms with Crippen molar-refractivity contribution < 1.29 is 0 Å². The topological polar surface area (TPSA) is 29.3 Å². The number of nitrogens with zero attached hydrogens (tertiary/aromatic N) is 1. The fourth-order valence-electron chi connectivity index (χ4n) is 2.33. The zero-order chi connectivity index (χ0) is 12.3. The van der Waals surface area contributed by atoms with Gasteiger partial charge < -0.3 is 5.73 Å². The van der Waals surface area contributed by atoms with Crippen molar-refractivity contribution in [2.24, 2.45) is 11.7 Å². The molecule has 1 atom stereocenters. The van der Waals surface area contributed by atoms with Crippen LogP contribution in [0.5, 0.6) is 0 Å². The van der Waals surface area contributed by atoms with Gasteiger partial charge in [0.1, 0.15) is 0 Å². The summed E-state index contributed by atoms with van der Waals surface area (Å²) in [6.45, 7) is 5.01. The van der Waals surface area contributed by atoms with Crippen molar-refractivity contribution in [3.8, 4) is 0 Å². The summed E-state index contributed by atoms with van der Waals surface area (Å²) in [5.74, 6) is 0.881. The lowest BCUT2D eigenvalue weighted by Crippen LogP contribution is -2.35. The molecule has 0 heterocycles. The molecule has 0 radical (unpaired) electrons. The van der Waals surface area contributed by atoms with Crippen molar-refractivity contribution in [2.75, 3.05) is 19.6 Å². The van der Waals surface area contributed by atoms with Crippen molar-refractivity contribution in [1.82, 2.24) is 4.90 Å². The summed E-state index contributed by atoms with van der Waals surface area (Å²) >= 11 is 6.27. The van der Waals surface area contributed by atoms with Crippen molar-refractivity contribution in [2.45, 2.75) is 25.8 Å². The smallest absolute Gasteiger partial charge is 0.0485 e. The Bertz CT molecular complexity index is 363. The molecule has 0 spiro atoms. The Kier molecular flexibility index (Phi) is 4.43. The number of benzene rings is 1. The van der Waals surface area contributed by atoms with Crippen molar-refractivity contribution >= 4 is 11.6 Å². The third-order valence-electron chi connectivity index (χ3n) is 3.52. The first-order chi connectivity index (χ1) is 8.26. The number of nitrogens with two attached hydrogens (primary N) is 1. The molecular formula is C14H21ClN2. The molecule has 0 saturated heterocycles. The highest BCUT2D eigenvalue weighted by Crippen LogP contribution is 2.33. The van der Waals surface area contributed by atoms with E-state index in [1.807, 2.05) is 18.2 Å². The number of likely N-dealkylation sites (N-methyl/N-ethyl adjacent to an activating group) is 1. The van der Waals surface area contributed by atoms with Gasteiger partial charge >= 0.3 is 0 Å². The zero-order valence-electron chi connectivity index (χ0n) is 10.4. The molecule has 1 aromatic rings. The van der Waals surface area contributed by atoms with Crippen LogP contribution in [-0.4, -0.2) is 24.5 Å². The van der Waals surface area contributed by atoms with Gasteiger partial charge in [-0.05, 0) is 36.9 Å². The van der Waals surface area contributed by atoms with Gasteiger partial charge in [0.05, 0.1) is 0 Å². The molecule has 2 nitrogen and oxygen atoms in total. The Balaban J connectivity index is 2.15. The van der Waals surface area contributed by atoms with E-state index < -0.39 is 0 Å². The van der Waals surface area contributed by atoms with Crippen molar-refractivity contribution in [3.05, 3.63) is 34.9 Å². The summed E-state index contributed by atoms with van der Waals surface area (Å²) in [4.78, 5) is 2.46. The first kappa shape index (κ1) is 12.9. The minimum Gasteiger partial charge on any atom is -0.329 e. The average Bonchev–Trinajstić information content (AvgIpc) is 3.15. The third kappa shape index (κ3) is 3.21. The van der Waals surface area contributed by atoms with Gasteiger partial charge in [-0.3, -0.25) is 4.90 Å². The first-order valence-electron chi connectivity index (χ1n) is 6.44. The molecule has 3 heteroatoms. The van der Waals surface area contributed by atoms with E-state index in [1.54, 1.807) is 0 Å². The Morgan fingerprint density at radius 2 is 2.12 bits per heavy atom. The standard InChI is InChI=1S/C14H21ClN2/c1-2-17(10-11-7-8-11)14(9-16)12-5-3-4-6-13(12)15/h3-6,11,14H,2,7-10,16H2,1H3. The molecule has 0 bridgehead atoms. The highest BCUT2D eigenvalue weighted by molar-refractivity contribution is 6.31. The summed E-state index contributed by atoms with van der Waals surface area (Å²) in [6, 6.07) is 8.31. The van der Waals surface area contributed by atoms with Crippen LogP contribution in [0.1, 0.15) is 31.4 Å². The molecule has 0 aromatic heterocycles. The van der Waals surface area contributed by atoms with Crippen LogP contribution in [0, 0.1) is 5.92 Å². The fraction of sp³-hybridized carbons (Fsp3) is 0.571. The first-order valence-corrected chi connectivity index (χ1v) is 6.82. The van der Waals surface area contributed by atoms with Gasteiger partial charge in [-0.1, -0.05) is 36.7 Å². The van der Waals surface area contributed by atoms with Crippen molar-refractivity contribution in [3.63, 3.8) is 0 Å². The Morgan fingerprint density at radius 1 is 1.41 bits per heavy atom. The maximum absolute atomic E-state index is 6.27. The number of halogens is 1. The van der Waals surface area contributed by atoms with Gasteiger partial charge in [0, 0.05) is 24.2 Å². The van der Waals surface area contributed by atoms with Crippen LogP contribution in [0.4, 0.5) is 0 Å². The maximum atomic E-state index is 6.27. The number of rotatable bonds is 6. The summed E-state index contributed by atoms with van der Waals surface area (Å²) in [5, 5.41) is 0.831. The van der Waals surface area contributed by atoms with E-state index in [4.69, 9.17) is 17.3 Å². The highest BCUT2D eigenvalue weighted by atomic mass is 35.5. The van der Waals surface area contributed by atoms with Crippen LogP contribution in [0.2, 0.25) is 5.02 Å². The van der Waals surface area contributed by atoms with Crippen LogP contribution in [0.25, 0.3) is 0 Å². The number of hydrogen-bond donors (Lipinski definition) is 1. The molecule has 1 aromatic carbocycles. The van der Waals surface area contributed by atoms with E-state index in [9.17, 15) is 0 Å². The normalized spacial score (nSPS) is 17.4. The van der Waals surface area contributed by atoms with Crippen LogP contribution in [-0.2, 0) is 0 Å². The van der Waals surface area contributed by atoms with Gasteiger partial charge in [0.15, 0.2) is 0 Å². The van der Waals surface area contributed by atoms with E-state index in [0.29, 0.717) is 6.54 Å². The summed E-state index contributed by atoms with van der Waals surface area (Å²) in [5.41, 5.74) is 7.11. The summed E-state index contributed by atoms with van der Waals surface area (Å²) < 4.78 is 0. The largest absolute Gasteiger partial charge is 0.329 e. The van der Waals surface area contributed by atoms with Gasteiger partial charge in [0.2, 0.25) is 0 Å². The maximum Gasteiger partial charge on any atom is 0.0485 e. The second-order valence-electron chi connectivity index (χ2n) is 4.80. The molecule has 94 valence electrons. The van der Waals surface area contributed by atoms with Gasteiger partial charge in [0.25, 0.3) is 0 Å². The second kappa shape index (κ2) is 5.85. The van der Waals surface area contributed by atoms with Crippen molar-refractivity contribution in [1.29, 1.82) is 0 Å². The van der Waals surface area contributed by atoms with E-state index in [-0.39, 0.29) is 6.04 Å². The molecule has 0 amide bonds. The predicted molar refractivity (Wildman–Crippen MR) is 73.2 cm³/mol. The minimum atomic E-state index is 0.259. The summed E-state index contributed by atoms with van der Waals surface area (Å²) in [7, 11) is 0. The predicted octanol–water partition coefficient (Wildman–Crippen LogP) is 3.07. The SMILES string of the molecule is CCN(CC1CC1)C(CN)c1ccccc1Cl. The minimum absolute atomic E-state index is 0.259. The average molecular weight is 253 g/mol. The Morgan fingerprint density at radius 3 is 2.65 bits per heavy atom. The monoisotopic (exact) mass is 252 g/mol. The molecule has 1 unspecified atom stereocenters. The van der Waals surface area contributed by atoms with Crippen LogP contribution < -0.4 is 5.73 Å². The fourth-order valence-corrected chi connectivity index (χ4v) is 2.59. The second-order valence-corrected chi connectivity index (χ2v) is 5.21. The lowest BCUT2D eigenvalue weighted by Gasteiger charge is -2.30. The molecule has 1 aliphatic rings. The molecule has 1 saturated carbocycles. The zero-order valence-corrected chi connectivity index (χ0v) is 11.2. The third-order valence-corrected chi connectivity index (χ3v) is 3.87. The van der Waals surface area contributed by atoms with E-state index >= 15 is 0 Å². The van der Waals surface area contributed by atoms with Gasteiger partial charge in [-0.2, -0.15) is 0 Å². The van der Waals surface area contributed by atoms with Gasteiger partial charge in [-0.25, -0.2) is 0 Å². The lowest BCUT2D eigenvalue weighted by molar-refractivity contribution is 0.203. The highest BCUT2D eigenvalue weighted by Gasteiger charge is 2.28. The molecular weight excluding hydrogens is 232 g/mol. The lowest BCUT2D eigenvalue weighted by atomic mass is 10.0.